The van der Waals surface area contributed by atoms with E-state index >= 15 is 0 Å². The summed E-state index contributed by atoms with van der Waals surface area (Å²) in [7, 11) is 0. The normalized spacial score (nSPS) is 11.7. The number of likely N-dealkylation sites (N-methyl/N-ethyl adjacent to an activating group) is 1. The molecule has 0 saturated carbocycles. The largest absolute Gasteiger partial charge is 0.449 e. The van der Waals surface area contributed by atoms with Gasteiger partial charge < -0.3 is 15.4 Å². The highest BCUT2D eigenvalue weighted by molar-refractivity contribution is 5.68. The van der Waals surface area contributed by atoms with Gasteiger partial charge in [-0.2, -0.15) is 0 Å². The van der Waals surface area contributed by atoms with Crippen LogP contribution in [-0.2, 0) is 4.74 Å². The van der Waals surface area contributed by atoms with Crippen LogP contribution in [0.4, 0.5) is 4.79 Å². The Labute approximate surface area is 92.8 Å². The zero-order valence-electron chi connectivity index (χ0n) is 10.5. The van der Waals surface area contributed by atoms with Crippen LogP contribution < -0.4 is 5.73 Å². The van der Waals surface area contributed by atoms with Gasteiger partial charge in [0.1, 0.15) is 0 Å². The lowest BCUT2D eigenvalue weighted by Crippen LogP contribution is -2.52. The van der Waals surface area contributed by atoms with Crippen LogP contribution in [0.1, 0.15) is 34.6 Å². The second-order valence-corrected chi connectivity index (χ2v) is 4.73. The van der Waals surface area contributed by atoms with E-state index in [1.807, 2.05) is 34.6 Å². The number of hydrogen-bond donors (Lipinski definition) is 1. The molecule has 90 valence electrons. The summed E-state index contributed by atoms with van der Waals surface area (Å²) in [6.45, 7) is 11.3. The Kier molecular flexibility index (Phi) is 5.65. The molecule has 0 aromatic heterocycles. The summed E-state index contributed by atoms with van der Waals surface area (Å²) in [5.74, 6) is 0.355. The highest BCUT2D eigenvalue weighted by atomic mass is 16.6. The summed E-state index contributed by atoms with van der Waals surface area (Å²) in [5.41, 5.74) is 5.28. The van der Waals surface area contributed by atoms with Gasteiger partial charge in [-0.05, 0) is 26.7 Å². The quantitative estimate of drug-likeness (QED) is 0.763. The van der Waals surface area contributed by atoms with E-state index in [-0.39, 0.29) is 11.6 Å². The van der Waals surface area contributed by atoms with Gasteiger partial charge >= 0.3 is 6.09 Å². The molecule has 0 aliphatic heterocycles. The second-order valence-electron chi connectivity index (χ2n) is 4.73. The van der Waals surface area contributed by atoms with E-state index in [0.29, 0.717) is 25.6 Å². The summed E-state index contributed by atoms with van der Waals surface area (Å²) in [6.07, 6.45) is -0.276. The van der Waals surface area contributed by atoms with Crippen molar-refractivity contribution in [2.24, 2.45) is 11.7 Å². The molecular formula is C11H24N2O2. The molecule has 0 radical (unpaired) electrons. The van der Waals surface area contributed by atoms with Crippen molar-refractivity contribution >= 4 is 6.09 Å². The molecule has 0 fully saturated rings. The number of ether oxygens (including phenoxy) is 1. The smallest absolute Gasteiger partial charge is 0.410 e. The molecule has 0 atom stereocenters. The second kappa shape index (κ2) is 5.95. The zero-order chi connectivity index (χ0) is 12.1. The van der Waals surface area contributed by atoms with Crippen molar-refractivity contribution in [2.75, 3.05) is 19.7 Å². The lowest BCUT2D eigenvalue weighted by molar-refractivity contribution is 0.0600. The van der Waals surface area contributed by atoms with E-state index < -0.39 is 0 Å². The van der Waals surface area contributed by atoms with Gasteiger partial charge in [-0.15, -0.1) is 0 Å². The van der Waals surface area contributed by atoms with Crippen LogP contribution in [0, 0.1) is 5.92 Å². The topological polar surface area (TPSA) is 55.6 Å². The van der Waals surface area contributed by atoms with Gasteiger partial charge in [0.05, 0.1) is 12.1 Å². The summed E-state index contributed by atoms with van der Waals surface area (Å²) in [4.78, 5) is 13.4. The maximum absolute atomic E-state index is 11.7. The Hall–Kier alpha value is -0.770. The van der Waals surface area contributed by atoms with E-state index in [1.54, 1.807) is 4.90 Å². The van der Waals surface area contributed by atoms with Crippen LogP contribution in [-0.4, -0.2) is 36.2 Å². The fourth-order valence-corrected chi connectivity index (χ4v) is 1.23. The fraction of sp³-hybridized carbons (Fsp3) is 0.909. The molecule has 4 heteroatoms. The standard InChI is InChI=1S/C11H24N2O2/c1-6-13(11(4,5)8-12)10(14)15-7-9(2)3/h9H,6-8,12H2,1-5H3. The van der Waals surface area contributed by atoms with E-state index in [9.17, 15) is 4.79 Å². The van der Waals surface area contributed by atoms with Gasteiger partial charge in [0.2, 0.25) is 0 Å². The van der Waals surface area contributed by atoms with Crippen molar-refractivity contribution in [1.82, 2.24) is 4.90 Å². The van der Waals surface area contributed by atoms with Gasteiger partial charge in [0.15, 0.2) is 0 Å². The third-order valence-corrected chi connectivity index (χ3v) is 2.31. The van der Waals surface area contributed by atoms with E-state index in [4.69, 9.17) is 10.5 Å². The van der Waals surface area contributed by atoms with Crippen molar-refractivity contribution in [3.8, 4) is 0 Å². The Morgan fingerprint density at radius 1 is 1.47 bits per heavy atom. The molecule has 2 N–H and O–H groups in total. The third kappa shape index (κ3) is 4.51. The Bertz CT molecular complexity index is 203. The highest BCUT2D eigenvalue weighted by Crippen LogP contribution is 2.14. The summed E-state index contributed by atoms with van der Waals surface area (Å²) in [6, 6.07) is 0. The first-order valence-electron chi connectivity index (χ1n) is 5.49. The molecular weight excluding hydrogens is 192 g/mol. The summed E-state index contributed by atoms with van der Waals surface area (Å²) < 4.78 is 5.18. The van der Waals surface area contributed by atoms with Gasteiger partial charge in [-0.3, -0.25) is 0 Å². The van der Waals surface area contributed by atoms with Crippen molar-refractivity contribution < 1.29 is 9.53 Å². The highest BCUT2D eigenvalue weighted by Gasteiger charge is 2.29. The summed E-state index contributed by atoms with van der Waals surface area (Å²) in [5, 5.41) is 0. The lowest BCUT2D eigenvalue weighted by atomic mass is 10.0. The van der Waals surface area contributed by atoms with Gasteiger partial charge in [0.25, 0.3) is 0 Å². The van der Waals surface area contributed by atoms with E-state index in [1.165, 1.54) is 0 Å². The number of nitrogens with zero attached hydrogens (tertiary/aromatic N) is 1. The molecule has 0 unspecified atom stereocenters. The number of nitrogens with two attached hydrogens (primary N) is 1. The van der Waals surface area contributed by atoms with Gasteiger partial charge in [0, 0.05) is 13.1 Å². The van der Waals surface area contributed by atoms with Crippen LogP contribution >= 0.6 is 0 Å². The minimum atomic E-state index is -0.344. The van der Waals surface area contributed by atoms with Crippen molar-refractivity contribution in [3.05, 3.63) is 0 Å². The van der Waals surface area contributed by atoms with Crippen LogP contribution in [0.5, 0.6) is 0 Å². The lowest BCUT2D eigenvalue weighted by Gasteiger charge is -2.36. The van der Waals surface area contributed by atoms with Crippen molar-refractivity contribution in [2.45, 2.75) is 40.2 Å². The zero-order valence-corrected chi connectivity index (χ0v) is 10.5. The minimum absolute atomic E-state index is 0.276. The molecule has 0 aliphatic rings. The van der Waals surface area contributed by atoms with E-state index in [2.05, 4.69) is 0 Å². The average Bonchev–Trinajstić information content (AvgIpc) is 2.15. The first-order chi connectivity index (χ1) is 6.85. The third-order valence-electron chi connectivity index (χ3n) is 2.31. The predicted molar refractivity (Wildman–Crippen MR) is 61.7 cm³/mol. The van der Waals surface area contributed by atoms with Crippen LogP contribution in [0.2, 0.25) is 0 Å². The van der Waals surface area contributed by atoms with E-state index in [0.717, 1.165) is 0 Å². The average molecular weight is 216 g/mol. The molecule has 0 bridgehead atoms. The predicted octanol–water partition coefficient (Wildman–Crippen LogP) is 1.84. The number of rotatable bonds is 5. The molecule has 1 amide bonds. The Morgan fingerprint density at radius 3 is 2.33 bits per heavy atom. The first-order valence-corrected chi connectivity index (χ1v) is 5.49. The summed E-state index contributed by atoms with van der Waals surface area (Å²) >= 11 is 0. The molecule has 0 spiro atoms. The monoisotopic (exact) mass is 216 g/mol. The maximum Gasteiger partial charge on any atom is 0.410 e. The van der Waals surface area contributed by atoms with Crippen molar-refractivity contribution in [1.29, 1.82) is 0 Å². The molecule has 0 aromatic rings. The molecule has 0 aromatic carbocycles. The molecule has 0 aliphatic carbocycles. The van der Waals surface area contributed by atoms with Crippen LogP contribution in [0.25, 0.3) is 0 Å². The Balaban J connectivity index is 4.35. The molecule has 0 heterocycles. The van der Waals surface area contributed by atoms with Crippen molar-refractivity contribution in [3.63, 3.8) is 0 Å². The number of carbonyl (C=O) groups excluding carboxylic acids is 1. The SMILES string of the molecule is CCN(C(=O)OCC(C)C)C(C)(C)CN. The van der Waals surface area contributed by atoms with Gasteiger partial charge in [-0.1, -0.05) is 13.8 Å². The first kappa shape index (κ1) is 14.2. The van der Waals surface area contributed by atoms with Crippen LogP contribution in [0.3, 0.4) is 0 Å². The molecule has 0 rings (SSSR count). The Morgan fingerprint density at radius 2 is 2.00 bits per heavy atom. The number of hydrogen-bond acceptors (Lipinski definition) is 3. The molecule has 15 heavy (non-hydrogen) atoms. The van der Waals surface area contributed by atoms with Gasteiger partial charge in [-0.25, -0.2) is 4.79 Å². The number of carbonyl (C=O) groups is 1. The molecule has 4 nitrogen and oxygen atoms in total. The van der Waals surface area contributed by atoms with Crippen LogP contribution in [0.15, 0.2) is 0 Å². The number of amides is 1. The molecule has 0 saturated heterocycles. The fourth-order valence-electron chi connectivity index (χ4n) is 1.23. The maximum atomic E-state index is 11.7. The minimum Gasteiger partial charge on any atom is -0.449 e.